The Morgan fingerprint density at radius 2 is 2.05 bits per heavy atom. The van der Waals surface area contributed by atoms with Crippen LogP contribution in [0, 0.1) is 0 Å². The molecule has 0 spiro atoms. The van der Waals surface area contributed by atoms with E-state index in [1.807, 2.05) is 24.7 Å². The third kappa shape index (κ3) is 3.30. The molecule has 3 rings (SSSR count). The van der Waals surface area contributed by atoms with Crippen molar-refractivity contribution in [2.45, 2.75) is 36.1 Å². The maximum absolute atomic E-state index is 12.2. The summed E-state index contributed by atoms with van der Waals surface area (Å²) >= 11 is 0.562. The second kappa shape index (κ2) is 5.83. The molecule has 1 aromatic carbocycles. The van der Waals surface area contributed by atoms with Gasteiger partial charge in [-0.3, -0.25) is 0 Å². The molecule has 1 aliphatic rings. The molecule has 0 amide bonds. The van der Waals surface area contributed by atoms with Gasteiger partial charge in [0.2, 0.25) is 0 Å². The Kier molecular flexibility index (Phi) is 3.91. The summed E-state index contributed by atoms with van der Waals surface area (Å²) in [6, 6.07) is 7.67. The molecule has 2 aromatic rings. The van der Waals surface area contributed by atoms with Crippen LogP contribution in [-0.4, -0.2) is 15.3 Å². The topological polar surface area (TPSA) is 29.9 Å². The number of nitrogens with one attached hydrogen (secondary N) is 1. The van der Waals surface area contributed by atoms with Gasteiger partial charge in [-0.2, -0.15) is 8.78 Å². The Hall–Kier alpha value is -1.56. The highest BCUT2D eigenvalue weighted by atomic mass is 32.2. The van der Waals surface area contributed by atoms with Crippen molar-refractivity contribution in [1.82, 2.24) is 9.55 Å². The van der Waals surface area contributed by atoms with Gasteiger partial charge in [0.25, 0.3) is 5.76 Å². The van der Waals surface area contributed by atoms with Crippen LogP contribution in [0.1, 0.15) is 24.6 Å². The van der Waals surface area contributed by atoms with Crippen LogP contribution in [0.4, 0.5) is 14.5 Å². The van der Waals surface area contributed by atoms with E-state index in [4.69, 9.17) is 0 Å². The van der Waals surface area contributed by atoms with Crippen molar-refractivity contribution in [2.75, 3.05) is 5.32 Å². The number of thioether (sulfide) groups is 1. The summed E-state index contributed by atoms with van der Waals surface area (Å²) < 4.78 is 26.6. The van der Waals surface area contributed by atoms with Crippen molar-refractivity contribution in [3.8, 4) is 0 Å². The van der Waals surface area contributed by atoms with Crippen molar-refractivity contribution in [3.63, 3.8) is 0 Å². The van der Waals surface area contributed by atoms with E-state index in [2.05, 4.69) is 14.9 Å². The highest BCUT2D eigenvalue weighted by molar-refractivity contribution is 7.99. The lowest BCUT2D eigenvalue weighted by atomic mass is 10.3. The van der Waals surface area contributed by atoms with Crippen molar-refractivity contribution < 1.29 is 8.78 Å². The van der Waals surface area contributed by atoms with Crippen LogP contribution >= 0.6 is 11.8 Å². The molecular weight excluding hydrogens is 280 g/mol. The molecule has 1 saturated carbocycles. The number of benzene rings is 1. The summed E-state index contributed by atoms with van der Waals surface area (Å²) in [6.07, 6.45) is 6.19. The second-order valence-corrected chi connectivity index (χ2v) is 5.84. The maximum atomic E-state index is 12.2. The average molecular weight is 295 g/mol. The van der Waals surface area contributed by atoms with Gasteiger partial charge < -0.3 is 9.88 Å². The third-order valence-corrected chi connectivity index (χ3v) is 3.96. The monoisotopic (exact) mass is 295 g/mol. The molecule has 106 valence electrons. The number of imidazole rings is 1. The fourth-order valence-corrected chi connectivity index (χ4v) is 2.60. The van der Waals surface area contributed by atoms with E-state index in [-0.39, 0.29) is 0 Å². The first kappa shape index (κ1) is 13.4. The molecule has 0 aliphatic heterocycles. The largest absolute Gasteiger partial charge is 0.379 e. The number of rotatable bonds is 6. The van der Waals surface area contributed by atoms with Crippen LogP contribution in [0.5, 0.6) is 0 Å². The summed E-state index contributed by atoms with van der Waals surface area (Å²) in [6.45, 7) is 0.692. The van der Waals surface area contributed by atoms with E-state index in [0.717, 1.165) is 11.4 Å². The van der Waals surface area contributed by atoms with Crippen LogP contribution in [0.25, 0.3) is 0 Å². The van der Waals surface area contributed by atoms with Crippen molar-refractivity contribution >= 4 is 17.4 Å². The lowest BCUT2D eigenvalue weighted by molar-refractivity contribution is 0.252. The van der Waals surface area contributed by atoms with Crippen LogP contribution in [-0.2, 0) is 6.54 Å². The summed E-state index contributed by atoms with van der Waals surface area (Å²) in [4.78, 5) is 4.76. The molecule has 0 unspecified atom stereocenters. The fraction of sp³-hybridized carbons (Fsp3) is 0.357. The van der Waals surface area contributed by atoms with E-state index in [9.17, 15) is 8.78 Å². The number of anilines is 1. The second-order valence-electron chi connectivity index (χ2n) is 4.78. The molecule has 0 atom stereocenters. The van der Waals surface area contributed by atoms with Crippen molar-refractivity contribution in [1.29, 1.82) is 0 Å². The predicted molar refractivity (Wildman–Crippen MR) is 76.1 cm³/mol. The van der Waals surface area contributed by atoms with Crippen LogP contribution < -0.4 is 5.32 Å². The van der Waals surface area contributed by atoms with Gasteiger partial charge in [0.1, 0.15) is 0 Å². The molecule has 1 aromatic heterocycles. The summed E-state index contributed by atoms with van der Waals surface area (Å²) in [5, 5.41) is 3.29. The summed E-state index contributed by atoms with van der Waals surface area (Å²) in [7, 11) is 0. The SMILES string of the molecule is FC(F)Sc1ccc(NCc2cncn2C2CC2)cc1. The minimum absolute atomic E-state index is 0.562. The number of aromatic nitrogens is 2. The molecule has 3 nitrogen and oxygen atoms in total. The highest BCUT2D eigenvalue weighted by Crippen LogP contribution is 2.35. The molecule has 6 heteroatoms. The highest BCUT2D eigenvalue weighted by Gasteiger charge is 2.24. The van der Waals surface area contributed by atoms with Gasteiger partial charge in [-0.25, -0.2) is 4.98 Å². The molecule has 0 bridgehead atoms. The molecule has 0 radical (unpaired) electrons. The fourth-order valence-electron chi connectivity index (χ4n) is 2.10. The Morgan fingerprint density at radius 1 is 1.30 bits per heavy atom. The lowest BCUT2D eigenvalue weighted by Gasteiger charge is -2.09. The van der Waals surface area contributed by atoms with Gasteiger partial charge in [-0.1, -0.05) is 11.8 Å². The summed E-state index contributed by atoms with van der Waals surface area (Å²) in [5.41, 5.74) is 2.07. The zero-order chi connectivity index (χ0) is 13.9. The molecule has 20 heavy (non-hydrogen) atoms. The number of nitrogens with zero attached hydrogens (tertiary/aromatic N) is 2. The standard InChI is InChI=1S/C14H15F2N3S/c15-14(16)20-13-5-1-10(2-6-13)18-8-12-7-17-9-19(12)11-3-4-11/h1-2,5-7,9,11,14,18H,3-4,8H2. The Balaban J connectivity index is 1.59. The van der Waals surface area contributed by atoms with Crippen LogP contribution in [0.2, 0.25) is 0 Å². The van der Waals surface area contributed by atoms with Gasteiger partial charge >= 0.3 is 0 Å². The number of hydrogen-bond donors (Lipinski definition) is 1. The predicted octanol–water partition coefficient (Wildman–Crippen LogP) is 4.14. The number of halogens is 2. The summed E-state index contributed by atoms with van der Waals surface area (Å²) in [5.74, 6) is -2.37. The first-order valence-corrected chi connectivity index (χ1v) is 7.40. The molecule has 1 N–H and O–H groups in total. The third-order valence-electron chi connectivity index (χ3n) is 3.24. The number of hydrogen-bond acceptors (Lipinski definition) is 3. The first-order valence-electron chi connectivity index (χ1n) is 6.52. The van der Waals surface area contributed by atoms with Gasteiger partial charge in [-0.05, 0) is 37.1 Å². The maximum Gasteiger partial charge on any atom is 0.288 e. The van der Waals surface area contributed by atoms with E-state index in [1.165, 1.54) is 12.8 Å². The zero-order valence-corrected chi connectivity index (χ0v) is 11.6. The molecule has 1 heterocycles. The van der Waals surface area contributed by atoms with Gasteiger partial charge in [0.15, 0.2) is 0 Å². The minimum atomic E-state index is -2.37. The normalized spacial score (nSPS) is 14.8. The Morgan fingerprint density at radius 3 is 2.70 bits per heavy atom. The number of alkyl halides is 2. The zero-order valence-electron chi connectivity index (χ0n) is 10.8. The van der Waals surface area contributed by atoms with Gasteiger partial charge in [-0.15, -0.1) is 0 Å². The molecule has 1 aliphatic carbocycles. The van der Waals surface area contributed by atoms with E-state index in [0.29, 0.717) is 29.2 Å². The molecular formula is C14H15F2N3S. The molecule has 0 saturated heterocycles. The smallest absolute Gasteiger partial charge is 0.288 e. The van der Waals surface area contributed by atoms with Gasteiger partial charge in [0, 0.05) is 22.8 Å². The van der Waals surface area contributed by atoms with Crippen molar-refractivity contribution in [3.05, 3.63) is 42.5 Å². The van der Waals surface area contributed by atoms with E-state index < -0.39 is 5.76 Å². The van der Waals surface area contributed by atoms with Gasteiger partial charge in [0.05, 0.1) is 18.6 Å². The minimum Gasteiger partial charge on any atom is -0.379 e. The Labute approximate surface area is 120 Å². The van der Waals surface area contributed by atoms with Crippen molar-refractivity contribution in [2.24, 2.45) is 0 Å². The quantitative estimate of drug-likeness (QED) is 0.812. The Bertz CT molecular complexity index is 564. The van der Waals surface area contributed by atoms with E-state index in [1.54, 1.807) is 12.1 Å². The average Bonchev–Trinajstić information content (AvgIpc) is 3.16. The molecule has 1 fully saturated rings. The van der Waals surface area contributed by atoms with Crippen LogP contribution in [0.15, 0.2) is 41.7 Å². The van der Waals surface area contributed by atoms with Crippen LogP contribution in [0.3, 0.4) is 0 Å². The first-order chi connectivity index (χ1) is 9.72. The lowest BCUT2D eigenvalue weighted by Crippen LogP contribution is -2.05. The van der Waals surface area contributed by atoms with E-state index >= 15 is 0 Å².